The zero-order valence-electron chi connectivity index (χ0n) is 13.7. The van der Waals surface area contributed by atoms with Crippen LogP contribution in [-0.4, -0.2) is 16.1 Å². The third kappa shape index (κ3) is 3.13. The third-order valence-corrected chi connectivity index (χ3v) is 4.64. The number of benzene rings is 1. The topological polar surface area (TPSA) is 72.2 Å². The molecule has 2 aromatic heterocycles. The summed E-state index contributed by atoms with van der Waals surface area (Å²) in [4.78, 5) is 27.4. The molecule has 0 unspecified atom stereocenters. The van der Waals surface area contributed by atoms with Crippen molar-refractivity contribution in [2.45, 2.75) is 6.92 Å². The molecule has 0 aliphatic carbocycles. The number of hydrogen-bond acceptors (Lipinski definition) is 5. The van der Waals surface area contributed by atoms with Crippen LogP contribution in [0.25, 0.3) is 17.0 Å². The molecule has 0 bridgehead atoms. The maximum absolute atomic E-state index is 11.7. The first-order valence-electron chi connectivity index (χ1n) is 7.80. The van der Waals surface area contributed by atoms with E-state index < -0.39 is 5.91 Å². The van der Waals surface area contributed by atoms with E-state index in [0.29, 0.717) is 21.8 Å². The van der Waals surface area contributed by atoms with E-state index in [2.05, 4.69) is 22.1 Å². The lowest BCUT2D eigenvalue weighted by atomic mass is 10.1. The van der Waals surface area contributed by atoms with Gasteiger partial charge in [-0.15, -0.1) is 0 Å². The van der Waals surface area contributed by atoms with Gasteiger partial charge in [-0.3, -0.25) is 19.9 Å². The zero-order valence-corrected chi connectivity index (χ0v) is 14.5. The van der Waals surface area contributed by atoms with Gasteiger partial charge in [0.05, 0.1) is 10.5 Å². The molecule has 0 spiro atoms. The van der Waals surface area contributed by atoms with Crippen molar-refractivity contribution in [2.24, 2.45) is 0 Å². The summed E-state index contributed by atoms with van der Waals surface area (Å²) < 4.78 is 5.84. The summed E-state index contributed by atoms with van der Waals surface area (Å²) in [5.41, 5.74) is 3.30. The monoisotopic (exact) mass is 360 g/mol. The van der Waals surface area contributed by atoms with E-state index in [9.17, 15) is 9.59 Å². The van der Waals surface area contributed by atoms with Gasteiger partial charge in [-0.05, 0) is 36.4 Å². The largest absolute Gasteiger partial charge is 0.455 e. The van der Waals surface area contributed by atoms with Crippen LogP contribution in [0.4, 0.5) is 4.79 Å². The van der Waals surface area contributed by atoms with Crippen LogP contribution in [0.1, 0.15) is 22.5 Å². The Morgan fingerprint density at radius 3 is 2.73 bits per heavy atom. The SMILES string of the molecule is Cc1ccccc1C#Cc1cncc2cc(/C=C3/SC(=O)NC3=O)oc12. The van der Waals surface area contributed by atoms with Gasteiger partial charge in [0.15, 0.2) is 5.58 Å². The quantitative estimate of drug-likeness (QED) is 0.527. The highest BCUT2D eigenvalue weighted by Gasteiger charge is 2.25. The summed E-state index contributed by atoms with van der Waals surface area (Å²) in [6.45, 7) is 2.01. The molecule has 2 amide bonds. The minimum Gasteiger partial charge on any atom is -0.455 e. The summed E-state index contributed by atoms with van der Waals surface area (Å²) >= 11 is 0.850. The van der Waals surface area contributed by atoms with Gasteiger partial charge in [0.2, 0.25) is 0 Å². The van der Waals surface area contributed by atoms with Gasteiger partial charge in [0.25, 0.3) is 11.1 Å². The lowest BCUT2D eigenvalue weighted by Crippen LogP contribution is -2.17. The van der Waals surface area contributed by atoms with Crippen LogP contribution >= 0.6 is 11.8 Å². The van der Waals surface area contributed by atoms with Gasteiger partial charge in [-0.25, -0.2) is 0 Å². The minimum atomic E-state index is -0.418. The number of nitrogens with one attached hydrogen (secondary N) is 1. The summed E-state index contributed by atoms with van der Waals surface area (Å²) in [5.74, 6) is 6.29. The van der Waals surface area contributed by atoms with Crippen molar-refractivity contribution in [3.05, 3.63) is 70.1 Å². The molecule has 26 heavy (non-hydrogen) atoms. The molecule has 5 nitrogen and oxygen atoms in total. The number of aryl methyl sites for hydroxylation is 1. The average molecular weight is 360 g/mol. The van der Waals surface area contributed by atoms with Gasteiger partial charge < -0.3 is 4.42 Å². The molecule has 1 aromatic carbocycles. The number of aromatic nitrogens is 1. The molecule has 1 saturated heterocycles. The number of amides is 2. The number of rotatable bonds is 1. The molecule has 6 heteroatoms. The molecule has 126 valence electrons. The molecule has 0 saturated carbocycles. The summed E-state index contributed by atoms with van der Waals surface area (Å²) in [5, 5.41) is 2.61. The Morgan fingerprint density at radius 2 is 1.96 bits per heavy atom. The molecule has 1 fully saturated rings. The second-order valence-corrected chi connectivity index (χ2v) is 6.69. The molecule has 1 N–H and O–H groups in total. The van der Waals surface area contributed by atoms with Crippen LogP contribution in [0, 0.1) is 18.8 Å². The smallest absolute Gasteiger partial charge is 0.290 e. The molecule has 3 heterocycles. The number of carbonyl (C=O) groups is 2. The van der Waals surface area contributed by atoms with E-state index in [4.69, 9.17) is 4.42 Å². The number of imide groups is 1. The molecule has 1 aliphatic heterocycles. The van der Waals surface area contributed by atoms with Crippen LogP contribution in [0.2, 0.25) is 0 Å². The predicted molar refractivity (Wildman–Crippen MR) is 100 cm³/mol. The van der Waals surface area contributed by atoms with E-state index in [1.165, 1.54) is 0 Å². The van der Waals surface area contributed by atoms with Crippen molar-refractivity contribution in [2.75, 3.05) is 0 Å². The first kappa shape index (κ1) is 16.2. The average Bonchev–Trinajstić information content (AvgIpc) is 3.17. The van der Waals surface area contributed by atoms with Crippen LogP contribution in [0.15, 0.2) is 52.0 Å². The Labute approximate surface area is 153 Å². The fourth-order valence-electron chi connectivity index (χ4n) is 2.54. The zero-order chi connectivity index (χ0) is 18.1. The normalized spacial score (nSPS) is 15.2. The number of fused-ring (bicyclic) bond motifs is 1. The van der Waals surface area contributed by atoms with Gasteiger partial charge in [-0.2, -0.15) is 0 Å². The molecule has 4 rings (SSSR count). The van der Waals surface area contributed by atoms with Crippen molar-refractivity contribution >= 4 is 40.0 Å². The first-order valence-corrected chi connectivity index (χ1v) is 8.62. The van der Waals surface area contributed by atoms with Gasteiger partial charge >= 0.3 is 0 Å². The lowest BCUT2D eigenvalue weighted by Gasteiger charge is -1.95. The van der Waals surface area contributed by atoms with Crippen molar-refractivity contribution in [1.29, 1.82) is 0 Å². The molecule has 1 aliphatic rings. The molecule has 3 aromatic rings. The maximum atomic E-state index is 11.7. The summed E-state index contributed by atoms with van der Waals surface area (Å²) in [7, 11) is 0. The Hall–Kier alpha value is -3.30. The molecule has 0 radical (unpaired) electrons. The number of thioether (sulfide) groups is 1. The van der Waals surface area contributed by atoms with E-state index >= 15 is 0 Å². The Bertz CT molecular complexity index is 1150. The van der Waals surface area contributed by atoms with Gasteiger partial charge in [-0.1, -0.05) is 30.0 Å². The number of pyridine rings is 1. The highest BCUT2D eigenvalue weighted by Crippen LogP contribution is 2.28. The standard InChI is InChI=1S/C20H12N2O3S/c1-12-4-2-3-5-13(12)6-7-14-10-21-11-15-8-16(25-18(14)15)9-17-19(23)22-20(24)26-17/h2-5,8-11H,1H3,(H,22,23,24)/b17-9+. The van der Waals surface area contributed by atoms with Gasteiger partial charge in [0, 0.05) is 29.4 Å². The van der Waals surface area contributed by atoms with E-state index in [-0.39, 0.29) is 5.24 Å². The highest BCUT2D eigenvalue weighted by molar-refractivity contribution is 8.18. The second-order valence-electron chi connectivity index (χ2n) is 5.67. The van der Waals surface area contributed by atoms with Crippen molar-refractivity contribution in [1.82, 2.24) is 10.3 Å². The predicted octanol–water partition coefficient (Wildman–Crippen LogP) is 3.86. The van der Waals surface area contributed by atoms with Crippen molar-refractivity contribution < 1.29 is 14.0 Å². The number of nitrogens with zero attached hydrogens (tertiary/aromatic N) is 1. The Morgan fingerprint density at radius 1 is 1.15 bits per heavy atom. The highest BCUT2D eigenvalue weighted by atomic mass is 32.2. The number of hydrogen-bond donors (Lipinski definition) is 1. The van der Waals surface area contributed by atoms with E-state index in [0.717, 1.165) is 28.3 Å². The van der Waals surface area contributed by atoms with Crippen LogP contribution in [0.3, 0.4) is 0 Å². The molecule has 0 atom stereocenters. The lowest BCUT2D eigenvalue weighted by molar-refractivity contribution is -0.115. The fraction of sp³-hybridized carbons (Fsp3) is 0.0500. The number of carbonyl (C=O) groups excluding carboxylic acids is 2. The minimum absolute atomic E-state index is 0.301. The maximum Gasteiger partial charge on any atom is 0.290 e. The second kappa shape index (κ2) is 6.54. The summed E-state index contributed by atoms with van der Waals surface area (Å²) in [6, 6.07) is 9.65. The Balaban J connectivity index is 1.73. The van der Waals surface area contributed by atoms with Crippen molar-refractivity contribution in [3.63, 3.8) is 0 Å². The fourth-order valence-corrected chi connectivity index (χ4v) is 3.20. The van der Waals surface area contributed by atoms with E-state index in [1.54, 1.807) is 24.5 Å². The Kier molecular flexibility index (Phi) is 4.07. The number of furan rings is 1. The summed E-state index contributed by atoms with van der Waals surface area (Å²) in [6.07, 6.45) is 4.87. The van der Waals surface area contributed by atoms with Crippen LogP contribution in [0.5, 0.6) is 0 Å². The third-order valence-electron chi connectivity index (χ3n) is 3.83. The van der Waals surface area contributed by atoms with Crippen LogP contribution in [-0.2, 0) is 4.79 Å². The van der Waals surface area contributed by atoms with Gasteiger partial charge in [0.1, 0.15) is 5.76 Å². The van der Waals surface area contributed by atoms with Crippen molar-refractivity contribution in [3.8, 4) is 11.8 Å². The molecular weight excluding hydrogens is 348 g/mol. The van der Waals surface area contributed by atoms with Crippen LogP contribution < -0.4 is 5.32 Å². The molecular formula is C20H12N2O3S. The van der Waals surface area contributed by atoms with E-state index in [1.807, 2.05) is 31.2 Å². The first-order chi connectivity index (χ1) is 12.6.